The van der Waals surface area contributed by atoms with Crippen molar-refractivity contribution >= 4 is 11.5 Å². The largest absolute Gasteiger partial charge is 0.295 e. The Morgan fingerprint density at radius 2 is 1.84 bits per heavy atom. The van der Waals surface area contributed by atoms with E-state index in [9.17, 15) is 4.79 Å². The minimum Gasteiger partial charge on any atom is -0.295 e. The highest BCUT2D eigenvalue weighted by Gasteiger charge is 2.02. The maximum Gasteiger partial charge on any atom is 0.154 e. The Morgan fingerprint density at radius 1 is 1.26 bits per heavy atom. The fourth-order valence-electron chi connectivity index (χ4n) is 1.19. The van der Waals surface area contributed by atoms with Gasteiger partial charge in [-0.3, -0.25) is 9.79 Å². The number of carbonyl (C=O) groups is 1. The summed E-state index contributed by atoms with van der Waals surface area (Å²) in [6.45, 7) is 15.1. The summed E-state index contributed by atoms with van der Waals surface area (Å²) >= 11 is 0. The first-order chi connectivity index (χ1) is 9.04. The van der Waals surface area contributed by atoms with E-state index in [0.29, 0.717) is 5.70 Å². The van der Waals surface area contributed by atoms with E-state index in [4.69, 9.17) is 0 Å². The molecule has 0 spiro atoms. The molecule has 0 aromatic heterocycles. The summed E-state index contributed by atoms with van der Waals surface area (Å²) in [5, 5.41) is 0. The van der Waals surface area contributed by atoms with Crippen LogP contribution in [0.15, 0.2) is 53.2 Å². The van der Waals surface area contributed by atoms with E-state index in [-0.39, 0.29) is 5.78 Å². The molecule has 0 amide bonds. The molecule has 0 fully saturated rings. The Balaban J connectivity index is 0. The summed E-state index contributed by atoms with van der Waals surface area (Å²) in [4.78, 5) is 15.7. The minimum absolute atomic E-state index is 0.00730. The van der Waals surface area contributed by atoms with Gasteiger partial charge in [-0.15, -0.1) is 0 Å². The van der Waals surface area contributed by atoms with Gasteiger partial charge in [0.25, 0.3) is 0 Å². The van der Waals surface area contributed by atoms with Crippen LogP contribution in [0.2, 0.25) is 0 Å². The van der Waals surface area contributed by atoms with Gasteiger partial charge in [-0.2, -0.15) is 0 Å². The zero-order valence-electron chi connectivity index (χ0n) is 13.2. The molecule has 0 atom stereocenters. The lowest BCUT2D eigenvalue weighted by atomic mass is 10.1. The second-order valence-corrected chi connectivity index (χ2v) is 3.70. The first kappa shape index (κ1) is 19.6. The van der Waals surface area contributed by atoms with Crippen LogP contribution in [0.1, 0.15) is 48.0 Å². The summed E-state index contributed by atoms with van der Waals surface area (Å²) in [5.74, 6) is -0.00730. The van der Waals surface area contributed by atoms with Gasteiger partial charge < -0.3 is 0 Å². The fraction of sp³-hybridized carbons (Fsp3) is 0.412. The van der Waals surface area contributed by atoms with Gasteiger partial charge >= 0.3 is 0 Å². The van der Waals surface area contributed by atoms with Gasteiger partial charge in [0.2, 0.25) is 0 Å². The third-order valence-electron chi connectivity index (χ3n) is 2.10. The van der Waals surface area contributed by atoms with Crippen molar-refractivity contribution in [3.05, 3.63) is 48.2 Å². The summed E-state index contributed by atoms with van der Waals surface area (Å²) in [5.41, 5.74) is 2.58. The number of aliphatic imine (C=N–C) groups is 1. The summed E-state index contributed by atoms with van der Waals surface area (Å²) in [6, 6.07) is 0. The Bertz CT molecular complexity index is 395. The van der Waals surface area contributed by atoms with Gasteiger partial charge in [0.05, 0.1) is 5.70 Å². The number of nitrogens with zero attached hydrogens (tertiary/aromatic N) is 1. The monoisotopic (exact) mass is 261 g/mol. The van der Waals surface area contributed by atoms with Crippen molar-refractivity contribution in [1.82, 2.24) is 0 Å². The predicted octanol–water partition coefficient (Wildman–Crippen LogP) is 5.04. The molecule has 0 rings (SSSR count). The van der Waals surface area contributed by atoms with Crippen LogP contribution in [-0.2, 0) is 4.79 Å². The molecule has 2 heteroatoms. The molecule has 0 aromatic rings. The Kier molecular flexibility index (Phi) is 13.2. The molecule has 0 aliphatic rings. The van der Waals surface area contributed by atoms with Crippen molar-refractivity contribution in [2.75, 3.05) is 0 Å². The third-order valence-corrected chi connectivity index (χ3v) is 2.10. The highest BCUT2D eigenvalue weighted by molar-refractivity contribution is 5.90. The molecule has 0 aliphatic carbocycles. The van der Waals surface area contributed by atoms with Crippen molar-refractivity contribution in [2.45, 2.75) is 48.0 Å². The highest BCUT2D eigenvalue weighted by atomic mass is 16.1. The SMILES string of the molecule is C=C/C=C(\C=C/C)C(=C/C(C)=O)/N=C(C)CC.CC. The zero-order valence-corrected chi connectivity index (χ0v) is 13.2. The van der Waals surface area contributed by atoms with Crippen molar-refractivity contribution in [3.63, 3.8) is 0 Å². The van der Waals surface area contributed by atoms with Crippen LogP contribution in [-0.4, -0.2) is 11.5 Å². The van der Waals surface area contributed by atoms with Crippen molar-refractivity contribution in [1.29, 1.82) is 0 Å². The quantitative estimate of drug-likeness (QED) is 0.374. The predicted molar refractivity (Wildman–Crippen MR) is 86.6 cm³/mol. The van der Waals surface area contributed by atoms with Crippen molar-refractivity contribution < 1.29 is 4.79 Å². The number of hydrogen-bond donors (Lipinski definition) is 0. The Labute approximate surface area is 118 Å². The van der Waals surface area contributed by atoms with E-state index in [1.54, 1.807) is 12.2 Å². The van der Waals surface area contributed by atoms with Crippen molar-refractivity contribution in [2.24, 2.45) is 4.99 Å². The summed E-state index contributed by atoms with van der Waals surface area (Å²) in [6.07, 6.45) is 9.80. The number of ketones is 1. The highest BCUT2D eigenvalue weighted by Crippen LogP contribution is 2.15. The molecule has 0 unspecified atom stereocenters. The molecule has 0 radical (unpaired) electrons. The smallest absolute Gasteiger partial charge is 0.154 e. The molecular formula is C17H27NO. The van der Waals surface area contributed by atoms with Crippen molar-refractivity contribution in [3.8, 4) is 0 Å². The molecule has 0 saturated heterocycles. The molecule has 0 saturated carbocycles. The van der Waals surface area contributed by atoms with Crippen LogP contribution in [0.3, 0.4) is 0 Å². The normalized spacial score (nSPS) is 13.1. The molecule has 19 heavy (non-hydrogen) atoms. The van der Waals surface area contributed by atoms with E-state index >= 15 is 0 Å². The zero-order chi connectivity index (χ0) is 15.3. The van der Waals surface area contributed by atoms with Gasteiger partial charge in [0.1, 0.15) is 0 Å². The minimum atomic E-state index is -0.00730. The maximum atomic E-state index is 11.2. The first-order valence-corrected chi connectivity index (χ1v) is 6.77. The third kappa shape index (κ3) is 9.95. The number of carbonyl (C=O) groups excluding carboxylic acids is 1. The molecule has 0 heterocycles. The fourth-order valence-corrected chi connectivity index (χ4v) is 1.19. The molecule has 0 bridgehead atoms. The Morgan fingerprint density at radius 3 is 2.21 bits per heavy atom. The maximum absolute atomic E-state index is 11.2. The van der Waals surface area contributed by atoms with Crippen LogP contribution in [0, 0.1) is 0 Å². The summed E-state index contributed by atoms with van der Waals surface area (Å²) in [7, 11) is 0. The lowest BCUT2D eigenvalue weighted by Gasteiger charge is -2.04. The molecule has 0 N–H and O–H groups in total. The standard InChI is InChI=1S/C15H21NO.C2H6/c1-6-9-14(10-7-2)15(11-13(5)17)16-12(4)8-3;1-2/h6-7,9-11H,1,8H2,2-5H3;1-2H3/b10-7-,14-9+,15-11-,16-12?;. The van der Waals surface area contributed by atoms with Gasteiger partial charge in [0, 0.05) is 11.8 Å². The topological polar surface area (TPSA) is 29.4 Å². The van der Waals surface area contributed by atoms with Gasteiger partial charge in [0.15, 0.2) is 5.78 Å². The van der Waals surface area contributed by atoms with Crippen LogP contribution < -0.4 is 0 Å². The second kappa shape index (κ2) is 12.7. The first-order valence-electron chi connectivity index (χ1n) is 6.77. The van der Waals surface area contributed by atoms with E-state index < -0.39 is 0 Å². The van der Waals surface area contributed by atoms with Gasteiger partial charge in [-0.1, -0.05) is 51.7 Å². The number of allylic oxidation sites excluding steroid dienone is 5. The molecular weight excluding hydrogens is 234 g/mol. The van der Waals surface area contributed by atoms with E-state index in [0.717, 1.165) is 17.7 Å². The Hall–Kier alpha value is -1.70. The van der Waals surface area contributed by atoms with Crippen LogP contribution >= 0.6 is 0 Å². The number of rotatable bonds is 6. The molecule has 2 nitrogen and oxygen atoms in total. The van der Waals surface area contributed by atoms with E-state index in [1.807, 2.05) is 52.8 Å². The molecule has 0 aliphatic heterocycles. The lowest BCUT2D eigenvalue weighted by Crippen LogP contribution is -1.95. The molecule has 106 valence electrons. The van der Waals surface area contributed by atoms with Crippen LogP contribution in [0.4, 0.5) is 0 Å². The summed E-state index contributed by atoms with van der Waals surface area (Å²) < 4.78 is 0. The average molecular weight is 261 g/mol. The molecule has 0 aromatic carbocycles. The van der Waals surface area contributed by atoms with E-state index in [1.165, 1.54) is 6.92 Å². The average Bonchev–Trinajstić information content (AvgIpc) is 2.39. The van der Waals surface area contributed by atoms with Gasteiger partial charge in [-0.25, -0.2) is 0 Å². The van der Waals surface area contributed by atoms with Gasteiger partial charge in [-0.05, 0) is 32.8 Å². The number of hydrogen-bond acceptors (Lipinski definition) is 2. The van der Waals surface area contributed by atoms with Crippen LogP contribution in [0.5, 0.6) is 0 Å². The van der Waals surface area contributed by atoms with E-state index in [2.05, 4.69) is 11.6 Å². The second-order valence-electron chi connectivity index (χ2n) is 3.70. The van der Waals surface area contributed by atoms with Crippen LogP contribution in [0.25, 0.3) is 0 Å². The lowest BCUT2D eigenvalue weighted by molar-refractivity contribution is -0.112.